The molecule has 4 heterocycles. The number of para-hydroxylation sites is 2. The molecular formula is C56H34N4O2. The molecule has 12 rings (SSSR count). The van der Waals surface area contributed by atoms with Gasteiger partial charge in [-0.25, -0.2) is 19.9 Å². The molecule has 0 aliphatic carbocycles. The van der Waals surface area contributed by atoms with Gasteiger partial charge in [0.15, 0.2) is 22.8 Å². The highest BCUT2D eigenvalue weighted by Gasteiger charge is 2.20. The van der Waals surface area contributed by atoms with E-state index < -0.39 is 0 Å². The highest BCUT2D eigenvalue weighted by molar-refractivity contribution is 6.08. The second-order valence-electron chi connectivity index (χ2n) is 15.4. The van der Waals surface area contributed by atoms with Gasteiger partial charge in [0.25, 0.3) is 0 Å². The van der Waals surface area contributed by atoms with E-state index in [2.05, 4.69) is 133 Å². The fraction of sp³-hybridized carbons (Fsp3) is 0. The molecule has 0 unspecified atom stereocenters. The summed E-state index contributed by atoms with van der Waals surface area (Å²) >= 11 is 0. The summed E-state index contributed by atoms with van der Waals surface area (Å²) in [5, 5.41) is 1.92. The maximum Gasteiger partial charge on any atom is 0.180 e. The molecule has 4 aromatic heterocycles. The molecule has 0 aliphatic heterocycles. The zero-order valence-electron chi connectivity index (χ0n) is 33.2. The smallest absolute Gasteiger partial charge is 0.180 e. The van der Waals surface area contributed by atoms with Crippen molar-refractivity contribution in [2.24, 2.45) is 0 Å². The number of benzene rings is 8. The number of hydrogen-bond donors (Lipinski definition) is 0. The van der Waals surface area contributed by atoms with Gasteiger partial charge in [-0.3, -0.25) is 0 Å². The molecule has 0 N–H and O–H groups in total. The van der Waals surface area contributed by atoms with Crippen molar-refractivity contribution in [1.82, 2.24) is 19.9 Å². The predicted octanol–water partition coefficient (Wildman–Crippen LogP) is 14.7. The largest absolute Gasteiger partial charge is 0.452 e. The van der Waals surface area contributed by atoms with Gasteiger partial charge in [-0.15, -0.1) is 0 Å². The van der Waals surface area contributed by atoms with Crippen LogP contribution in [0.3, 0.4) is 0 Å². The molecule has 290 valence electrons. The van der Waals surface area contributed by atoms with Crippen LogP contribution in [-0.4, -0.2) is 19.9 Å². The minimum atomic E-state index is 0.633. The van der Waals surface area contributed by atoms with Crippen molar-refractivity contribution < 1.29 is 8.83 Å². The summed E-state index contributed by atoms with van der Waals surface area (Å²) in [6.45, 7) is 0. The van der Waals surface area contributed by atoms with E-state index in [1.807, 2.05) is 72.8 Å². The zero-order valence-corrected chi connectivity index (χ0v) is 33.2. The lowest BCUT2D eigenvalue weighted by Crippen LogP contribution is -1.95. The molecule has 0 radical (unpaired) electrons. The second-order valence-corrected chi connectivity index (χ2v) is 15.4. The minimum Gasteiger partial charge on any atom is -0.452 e. The summed E-state index contributed by atoms with van der Waals surface area (Å²) < 4.78 is 12.8. The summed E-state index contributed by atoms with van der Waals surface area (Å²) in [6.07, 6.45) is 0. The zero-order chi connectivity index (χ0) is 41.0. The first-order chi connectivity index (χ1) is 30.7. The fourth-order valence-electron chi connectivity index (χ4n) is 8.46. The van der Waals surface area contributed by atoms with Gasteiger partial charge in [-0.05, 0) is 88.0 Å². The molecule has 0 saturated heterocycles. The summed E-state index contributed by atoms with van der Waals surface area (Å²) in [6, 6.07) is 70.7. The first-order valence-electron chi connectivity index (χ1n) is 20.6. The summed E-state index contributed by atoms with van der Waals surface area (Å²) in [4.78, 5) is 20.7. The topological polar surface area (TPSA) is 77.8 Å². The predicted molar refractivity (Wildman–Crippen MR) is 250 cm³/mol. The van der Waals surface area contributed by atoms with Crippen LogP contribution >= 0.6 is 0 Å². The lowest BCUT2D eigenvalue weighted by atomic mass is 9.92. The molecule has 8 aromatic carbocycles. The van der Waals surface area contributed by atoms with Crippen LogP contribution in [0.2, 0.25) is 0 Å². The van der Waals surface area contributed by atoms with Crippen molar-refractivity contribution in [3.63, 3.8) is 0 Å². The molecule has 6 heteroatoms. The Morgan fingerprint density at radius 2 is 0.597 bits per heavy atom. The van der Waals surface area contributed by atoms with Gasteiger partial charge in [-0.1, -0.05) is 152 Å². The Kier molecular flexibility index (Phi) is 8.38. The summed E-state index contributed by atoms with van der Waals surface area (Å²) in [5.41, 5.74) is 16.3. The Hall–Kier alpha value is -8.48. The molecule has 12 aromatic rings. The average Bonchev–Trinajstić information content (AvgIpc) is 3.93. The number of hydrogen-bond acceptors (Lipinski definition) is 6. The standard InChI is InChI=1S/C56H34N4O2/c1-4-16-35(17-5-1)42-32-43(38-22-14-24-40(30-38)55-57-49(36-18-6-2-7-19-36)53-51(59-55)45-26-10-12-28-47(45)61-53)34-44(33-42)39-23-15-25-41(31-39)56-58-50(37-20-8-3-9-21-37)54-52(60-56)46-27-11-13-29-48(46)62-54/h1-34H. The third-order valence-electron chi connectivity index (χ3n) is 11.5. The van der Waals surface area contributed by atoms with E-state index in [1.165, 1.54) is 0 Å². The van der Waals surface area contributed by atoms with Crippen LogP contribution in [0.5, 0.6) is 0 Å². The average molecular weight is 795 g/mol. The Balaban J connectivity index is 1.00. The molecule has 6 nitrogen and oxygen atoms in total. The Morgan fingerprint density at radius 3 is 1.05 bits per heavy atom. The van der Waals surface area contributed by atoms with Gasteiger partial charge in [0.1, 0.15) is 33.6 Å². The highest BCUT2D eigenvalue weighted by Crippen LogP contribution is 2.40. The van der Waals surface area contributed by atoms with Gasteiger partial charge in [0.2, 0.25) is 0 Å². The van der Waals surface area contributed by atoms with Gasteiger partial charge in [0, 0.05) is 33.0 Å². The van der Waals surface area contributed by atoms with Gasteiger partial charge in [0.05, 0.1) is 0 Å². The third-order valence-corrected chi connectivity index (χ3v) is 11.5. The van der Waals surface area contributed by atoms with Crippen LogP contribution in [0.25, 0.3) is 123 Å². The molecule has 0 saturated carbocycles. The van der Waals surface area contributed by atoms with Crippen molar-refractivity contribution in [3.8, 4) is 78.7 Å². The van der Waals surface area contributed by atoms with Crippen molar-refractivity contribution in [3.05, 3.63) is 206 Å². The molecule has 0 atom stereocenters. The molecule has 0 amide bonds. The van der Waals surface area contributed by atoms with Crippen molar-refractivity contribution in [2.45, 2.75) is 0 Å². The normalized spacial score (nSPS) is 11.5. The Labute approximate surface area is 356 Å². The van der Waals surface area contributed by atoms with E-state index in [0.29, 0.717) is 22.8 Å². The van der Waals surface area contributed by atoms with Crippen LogP contribution in [0.1, 0.15) is 0 Å². The van der Waals surface area contributed by atoms with Crippen LogP contribution in [-0.2, 0) is 0 Å². The molecule has 62 heavy (non-hydrogen) atoms. The van der Waals surface area contributed by atoms with E-state index >= 15 is 0 Å². The fourth-order valence-corrected chi connectivity index (χ4v) is 8.46. The van der Waals surface area contributed by atoms with E-state index in [9.17, 15) is 0 Å². The van der Waals surface area contributed by atoms with Crippen LogP contribution in [0.15, 0.2) is 215 Å². The van der Waals surface area contributed by atoms with E-state index in [-0.39, 0.29) is 0 Å². The van der Waals surface area contributed by atoms with Crippen molar-refractivity contribution >= 4 is 44.1 Å². The summed E-state index contributed by atoms with van der Waals surface area (Å²) in [7, 11) is 0. The van der Waals surface area contributed by atoms with Crippen molar-refractivity contribution in [1.29, 1.82) is 0 Å². The number of rotatable bonds is 7. The van der Waals surface area contributed by atoms with E-state index in [1.54, 1.807) is 0 Å². The van der Waals surface area contributed by atoms with Gasteiger partial charge >= 0.3 is 0 Å². The molecule has 0 spiro atoms. The lowest BCUT2D eigenvalue weighted by Gasteiger charge is -2.13. The van der Waals surface area contributed by atoms with Crippen LogP contribution < -0.4 is 0 Å². The van der Waals surface area contributed by atoms with Crippen LogP contribution in [0.4, 0.5) is 0 Å². The first-order valence-corrected chi connectivity index (χ1v) is 20.6. The minimum absolute atomic E-state index is 0.633. The molecule has 0 aliphatic rings. The highest BCUT2D eigenvalue weighted by atomic mass is 16.3. The van der Waals surface area contributed by atoms with Gasteiger partial charge < -0.3 is 8.83 Å². The number of aromatic nitrogens is 4. The Bertz CT molecular complexity index is 3410. The van der Waals surface area contributed by atoms with Crippen molar-refractivity contribution in [2.75, 3.05) is 0 Å². The number of fused-ring (bicyclic) bond motifs is 6. The van der Waals surface area contributed by atoms with Crippen LogP contribution in [0, 0.1) is 0 Å². The third kappa shape index (κ3) is 6.21. The monoisotopic (exact) mass is 794 g/mol. The van der Waals surface area contributed by atoms with Gasteiger partial charge in [-0.2, -0.15) is 0 Å². The first kappa shape index (κ1) is 35.5. The molecule has 0 bridgehead atoms. The maximum absolute atomic E-state index is 6.39. The number of nitrogens with zero attached hydrogens (tertiary/aromatic N) is 4. The summed E-state index contributed by atoms with van der Waals surface area (Å²) in [5.74, 6) is 1.27. The SMILES string of the molecule is c1ccc(-c2cc(-c3cccc(-c4nc(-c5ccccc5)c5oc6ccccc6c5n4)c3)cc(-c3cccc(-c4nc(-c5ccccc5)c5oc6ccccc6c5n4)c3)c2)cc1. The molecular weight excluding hydrogens is 761 g/mol. The quantitative estimate of drug-likeness (QED) is 0.160. The van der Waals surface area contributed by atoms with E-state index in [0.717, 1.165) is 100.0 Å². The maximum atomic E-state index is 6.39. The number of furan rings is 2. The second kappa shape index (κ2) is 14.7. The molecule has 0 fully saturated rings. The lowest BCUT2D eigenvalue weighted by molar-refractivity contribution is 0.667. The van der Waals surface area contributed by atoms with E-state index in [4.69, 9.17) is 28.8 Å². The Morgan fingerprint density at radius 1 is 0.258 bits per heavy atom.